The van der Waals surface area contributed by atoms with Crippen LogP contribution in [0.25, 0.3) is 0 Å². The molecule has 1 aliphatic heterocycles. The van der Waals surface area contributed by atoms with Crippen molar-refractivity contribution in [2.45, 2.75) is 33.2 Å². The fourth-order valence-corrected chi connectivity index (χ4v) is 3.33. The Balaban J connectivity index is 1.75. The number of carbonyl (C=O) groups is 1. The molecule has 25 heavy (non-hydrogen) atoms. The van der Waals surface area contributed by atoms with Crippen molar-refractivity contribution in [3.63, 3.8) is 0 Å². The summed E-state index contributed by atoms with van der Waals surface area (Å²) in [4.78, 5) is 25.6. The van der Waals surface area contributed by atoms with Crippen LogP contribution >= 0.6 is 0 Å². The van der Waals surface area contributed by atoms with E-state index >= 15 is 0 Å². The van der Waals surface area contributed by atoms with Crippen molar-refractivity contribution in [1.29, 1.82) is 0 Å². The highest BCUT2D eigenvalue weighted by molar-refractivity contribution is 5.92. The van der Waals surface area contributed by atoms with Crippen molar-refractivity contribution in [3.8, 4) is 0 Å². The van der Waals surface area contributed by atoms with Gasteiger partial charge < -0.3 is 9.80 Å². The summed E-state index contributed by atoms with van der Waals surface area (Å²) in [5, 5.41) is 0. The van der Waals surface area contributed by atoms with Gasteiger partial charge in [-0.15, -0.1) is 0 Å². The topological polar surface area (TPSA) is 49.3 Å². The summed E-state index contributed by atoms with van der Waals surface area (Å²) in [5.41, 5.74) is 1.60. The number of aromatic nitrogens is 2. The van der Waals surface area contributed by atoms with E-state index in [4.69, 9.17) is 0 Å². The number of hydrogen-bond donors (Lipinski definition) is 0. The van der Waals surface area contributed by atoms with Crippen LogP contribution in [0.15, 0.2) is 42.7 Å². The minimum atomic E-state index is -0.0416. The zero-order chi connectivity index (χ0) is 17.6. The summed E-state index contributed by atoms with van der Waals surface area (Å²) in [7, 11) is 0. The van der Waals surface area contributed by atoms with Gasteiger partial charge in [0, 0.05) is 32.2 Å². The third-order valence-electron chi connectivity index (χ3n) is 4.74. The zero-order valence-electron chi connectivity index (χ0n) is 15.1. The van der Waals surface area contributed by atoms with Gasteiger partial charge in [-0.05, 0) is 31.2 Å². The molecule has 132 valence electrons. The van der Waals surface area contributed by atoms with Crippen LogP contribution < -0.4 is 4.90 Å². The largest absolute Gasteiger partial charge is 0.356 e. The SMILES string of the molecule is CCN(Cc1ccccc1)C(=O)c1cc(N2CCCC(C)C2)ncn1. The first-order valence-electron chi connectivity index (χ1n) is 9.07. The first-order valence-corrected chi connectivity index (χ1v) is 9.07. The molecule has 1 atom stereocenters. The van der Waals surface area contributed by atoms with Crippen LogP contribution in [-0.4, -0.2) is 40.4 Å². The summed E-state index contributed by atoms with van der Waals surface area (Å²) in [6, 6.07) is 11.9. The molecule has 0 bridgehead atoms. The molecular formula is C20H26N4O. The lowest BCUT2D eigenvalue weighted by Gasteiger charge is -2.32. The molecule has 0 saturated carbocycles. The van der Waals surface area contributed by atoms with Gasteiger partial charge in [-0.3, -0.25) is 4.79 Å². The van der Waals surface area contributed by atoms with E-state index in [1.165, 1.54) is 19.2 Å². The third kappa shape index (κ3) is 4.35. The van der Waals surface area contributed by atoms with E-state index in [1.807, 2.05) is 48.2 Å². The number of benzene rings is 1. The minimum absolute atomic E-state index is 0.0416. The average Bonchev–Trinajstić information content (AvgIpc) is 2.66. The van der Waals surface area contributed by atoms with Gasteiger partial charge in [-0.25, -0.2) is 9.97 Å². The molecule has 1 unspecified atom stereocenters. The molecular weight excluding hydrogens is 312 g/mol. The van der Waals surface area contributed by atoms with Gasteiger partial charge in [0.2, 0.25) is 0 Å². The molecule has 0 radical (unpaired) electrons. The Morgan fingerprint density at radius 3 is 2.80 bits per heavy atom. The van der Waals surface area contributed by atoms with Gasteiger partial charge in [-0.1, -0.05) is 37.3 Å². The highest BCUT2D eigenvalue weighted by Gasteiger charge is 2.21. The summed E-state index contributed by atoms with van der Waals surface area (Å²) in [6.45, 7) is 7.49. The highest BCUT2D eigenvalue weighted by atomic mass is 16.2. The van der Waals surface area contributed by atoms with Gasteiger partial charge >= 0.3 is 0 Å². The summed E-state index contributed by atoms with van der Waals surface area (Å²) in [6.07, 6.45) is 3.94. The molecule has 1 saturated heterocycles. The maximum atomic E-state index is 12.9. The Kier molecular flexibility index (Phi) is 5.64. The Morgan fingerprint density at radius 1 is 1.28 bits per heavy atom. The van der Waals surface area contributed by atoms with Crippen molar-refractivity contribution in [2.75, 3.05) is 24.5 Å². The van der Waals surface area contributed by atoms with Crippen LogP contribution in [0, 0.1) is 5.92 Å². The number of rotatable bonds is 5. The lowest BCUT2D eigenvalue weighted by molar-refractivity contribution is 0.0746. The molecule has 5 heteroatoms. The molecule has 0 aliphatic carbocycles. The maximum Gasteiger partial charge on any atom is 0.272 e. The second-order valence-corrected chi connectivity index (χ2v) is 6.76. The van der Waals surface area contributed by atoms with Crippen LogP contribution in [0.3, 0.4) is 0 Å². The fourth-order valence-electron chi connectivity index (χ4n) is 3.33. The molecule has 0 spiro atoms. The molecule has 5 nitrogen and oxygen atoms in total. The molecule has 1 amide bonds. The molecule has 0 N–H and O–H groups in total. The Labute approximate surface area is 149 Å². The van der Waals surface area contributed by atoms with Crippen LogP contribution in [0.2, 0.25) is 0 Å². The van der Waals surface area contributed by atoms with E-state index in [0.717, 1.165) is 24.5 Å². The van der Waals surface area contributed by atoms with E-state index in [1.54, 1.807) is 0 Å². The van der Waals surface area contributed by atoms with Crippen molar-refractivity contribution in [2.24, 2.45) is 5.92 Å². The predicted octanol–water partition coefficient (Wildman–Crippen LogP) is 3.38. The van der Waals surface area contributed by atoms with Gasteiger partial charge in [-0.2, -0.15) is 0 Å². The van der Waals surface area contributed by atoms with Crippen molar-refractivity contribution < 1.29 is 4.79 Å². The zero-order valence-corrected chi connectivity index (χ0v) is 15.1. The van der Waals surface area contributed by atoms with Crippen molar-refractivity contribution in [3.05, 3.63) is 54.0 Å². The van der Waals surface area contributed by atoms with Gasteiger partial charge in [0.25, 0.3) is 5.91 Å². The van der Waals surface area contributed by atoms with Crippen molar-refractivity contribution >= 4 is 11.7 Å². The Hall–Kier alpha value is -2.43. The standard InChI is InChI=1S/C20H26N4O/c1-3-23(14-17-9-5-4-6-10-17)20(25)18-12-19(22-15-21-18)24-11-7-8-16(2)13-24/h4-6,9-10,12,15-16H,3,7-8,11,13-14H2,1-2H3. The molecule has 3 rings (SSSR count). The lowest BCUT2D eigenvalue weighted by atomic mass is 10.0. The number of hydrogen-bond acceptors (Lipinski definition) is 4. The summed E-state index contributed by atoms with van der Waals surface area (Å²) >= 11 is 0. The van der Waals surface area contributed by atoms with Crippen molar-refractivity contribution in [1.82, 2.24) is 14.9 Å². The first-order chi connectivity index (χ1) is 12.2. The number of anilines is 1. The fraction of sp³-hybridized carbons (Fsp3) is 0.450. The van der Waals surface area contributed by atoms with Gasteiger partial charge in [0.1, 0.15) is 17.8 Å². The number of nitrogens with zero attached hydrogens (tertiary/aromatic N) is 4. The second-order valence-electron chi connectivity index (χ2n) is 6.76. The smallest absolute Gasteiger partial charge is 0.272 e. The highest BCUT2D eigenvalue weighted by Crippen LogP contribution is 2.21. The quantitative estimate of drug-likeness (QED) is 0.839. The van der Waals surface area contributed by atoms with Gasteiger partial charge in [0.05, 0.1) is 0 Å². The van der Waals surface area contributed by atoms with E-state index in [0.29, 0.717) is 24.7 Å². The minimum Gasteiger partial charge on any atom is -0.356 e. The number of piperidine rings is 1. The monoisotopic (exact) mass is 338 g/mol. The average molecular weight is 338 g/mol. The summed E-state index contributed by atoms with van der Waals surface area (Å²) < 4.78 is 0. The second kappa shape index (κ2) is 8.10. The molecule has 1 aromatic heterocycles. The van der Waals surface area contributed by atoms with E-state index in [2.05, 4.69) is 21.8 Å². The molecule has 1 aromatic carbocycles. The normalized spacial score (nSPS) is 17.4. The number of carbonyl (C=O) groups excluding carboxylic acids is 1. The molecule has 2 aromatic rings. The van der Waals surface area contributed by atoms with Crippen LogP contribution in [0.1, 0.15) is 42.7 Å². The van der Waals surface area contributed by atoms with Gasteiger partial charge in [0.15, 0.2) is 0 Å². The summed E-state index contributed by atoms with van der Waals surface area (Å²) in [5.74, 6) is 1.48. The maximum absolute atomic E-state index is 12.9. The number of amides is 1. The predicted molar refractivity (Wildman–Crippen MR) is 99.5 cm³/mol. The Bertz CT molecular complexity index is 704. The third-order valence-corrected chi connectivity index (χ3v) is 4.74. The molecule has 1 aliphatic rings. The first kappa shape index (κ1) is 17.4. The molecule has 2 heterocycles. The van der Waals surface area contributed by atoms with E-state index < -0.39 is 0 Å². The van der Waals surface area contributed by atoms with Crippen LogP contribution in [-0.2, 0) is 6.54 Å². The van der Waals surface area contributed by atoms with Crippen LogP contribution in [0.4, 0.5) is 5.82 Å². The van der Waals surface area contributed by atoms with E-state index in [9.17, 15) is 4.79 Å². The molecule has 1 fully saturated rings. The Morgan fingerprint density at radius 2 is 2.08 bits per heavy atom. The van der Waals surface area contributed by atoms with E-state index in [-0.39, 0.29) is 5.91 Å². The lowest BCUT2D eigenvalue weighted by Crippen LogP contribution is -2.35. The van der Waals surface area contributed by atoms with Crippen LogP contribution in [0.5, 0.6) is 0 Å².